The molecule has 2 N–H and O–H groups in total. The molecule has 12 heteroatoms. The van der Waals surface area contributed by atoms with Gasteiger partial charge in [0, 0.05) is 45.0 Å². The van der Waals surface area contributed by atoms with Crippen molar-refractivity contribution in [3.05, 3.63) is 42.7 Å². The molecule has 10 nitrogen and oxygen atoms in total. The lowest BCUT2D eigenvalue weighted by Crippen LogP contribution is -2.61. The van der Waals surface area contributed by atoms with Crippen LogP contribution in [0.3, 0.4) is 0 Å². The number of pyridine rings is 1. The molecule has 0 bridgehead atoms. The first-order chi connectivity index (χ1) is 16.1. The highest BCUT2D eigenvalue weighted by atomic mass is 19.3. The molecule has 178 valence electrons. The van der Waals surface area contributed by atoms with Crippen LogP contribution in [0.4, 0.5) is 31.9 Å². The summed E-state index contributed by atoms with van der Waals surface area (Å²) in [6.07, 6.45) is 6.01. The fourth-order valence-electron chi connectivity index (χ4n) is 3.47. The number of rotatable bonds is 7. The first-order valence-corrected chi connectivity index (χ1v) is 10.4. The van der Waals surface area contributed by atoms with Crippen molar-refractivity contribution in [3.8, 4) is 11.3 Å². The zero-order valence-electron chi connectivity index (χ0n) is 19.1. The summed E-state index contributed by atoms with van der Waals surface area (Å²) in [5.74, 6) is -2.98. The van der Waals surface area contributed by atoms with E-state index in [4.69, 9.17) is 4.74 Å². The Morgan fingerprint density at radius 3 is 2.53 bits per heavy atom. The number of hydrogen-bond acceptors (Lipinski definition) is 9. The highest BCUT2D eigenvalue weighted by Crippen LogP contribution is 2.33. The fourth-order valence-corrected chi connectivity index (χ4v) is 3.47. The second-order valence-electron chi connectivity index (χ2n) is 8.35. The third-order valence-electron chi connectivity index (χ3n) is 5.30. The molecule has 0 spiro atoms. The van der Waals surface area contributed by atoms with Crippen LogP contribution < -0.4 is 15.5 Å². The van der Waals surface area contributed by atoms with E-state index in [2.05, 4.69) is 35.6 Å². The molecule has 1 aliphatic rings. The Morgan fingerprint density at radius 2 is 1.91 bits per heavy atom. The number of carbonyl (C=O) groups is 1. The summed E-state index contributed by atoms with van der Waals surface area (Å²) in [5.41, 5.74) is 1.29. The molecule has 1 fully saturated rings. The second-order valence-corrected chi connectivity index (χ2v) is 8.35. The molecule has 1 saturated heterocycles. The number of anilines is 4. The molecule has 0 atom stereocenters. The zero-order valence-corrected chi connectivity index (χ0v) is 19.1. The van der Waals surface area contributed by atoms with Crippen molar-refractivity contribution in [2.24, 2.45) is 0 Å². The van der Waals surface area contributed by atoms with Gasteiger partial charge in [-0.3, -0.25) is 9.78 Å². The van der Waals surface area contributed by atoms with Crippen molar-refractivity contribution in [2.75, 3.05) is 35.7 Å². The maximum Gasteiger partial charge on any atom is 0.303 e. The van der Waals surface area contributed by atoms with Crippen LogP contribution in [0.5, 0.6) is 0 Å². The standard InChI is InChI=1S/C22H24F2N8O2/c1-13(33)29-18-7-15(30-17-5-6-25-20(31-17)22(3,23)24)14(8-27-18)16-9-28-19(10-26-16)32-11-21(2,12-32)34-4/h5-10H,11-12H2,1-4H3,(H2,25,27,29,30,31,33). The van der Waals surface area contributed by atoms with Crippen molar-refractivity contribution < 1.29 is 18.3 Å². The van der Waals surface area contributed by atoms with E-state index in [-0.39, 0.29) is 23.1 Å². The minimum atomic E-state index is -3.20. The minimum Gasteiger partial charge on any atom is -0.375 e. The SMILES string of the molecule is COC1(C)CN(c2cnc(-c3cnc(NC(C)=O)cc3Nc3ccnc(C(C)(F)F)n3)cn2)C1. The van der Waals surface area contributed by atoms with E-state index in [1.807, 2.05) is 11.8 Å². The van der Waals surface area contributed by atoms with Crippen molar-refractivity contribution in [3.63, 3.8) is 0 Å². The molecular weight excluding hydrogens is 446 g/mol. The van der Waals surface area contributed by atoms with Crippen LogP contribution in [-0.4, -0.2) is 56.6 Å². The molecule has 34 heavy (non-hydrogen) atoms. The number of hydrogen-bond donors (Lipinski definition) is 2. The predicted molar refractivity (Wildman–Crippen MR) is 122 cm³/mol. The molecule has 3 aromatic rings. The van der Waals surface area contributed by atoms with E-state index >= 15 is 0 Å². The van der Waals surface area contributed by atoms with Gasteiger partial charge < -0.3 is 20.3 Å². The molecule has 1 aliphatic heterocycles. The van der Waals surface area contributed by atoms with Gasteiger partial charge in [0.2, 0.25) is 11.7 Å². The normalized spacial score (nSPS) is 14.9. The number of nitrogens with one attached hydrogen (secondary N) is 2. The van der Waals surface area contributed by atoms with Gasteiger partial charge in [0.05, 0.1) is 42.5 Å². The lowest BCUT2D eigenvalue weighted by Gasteiger charge is -2.47. The first kappa shape index (κ1) is 23.4. The topological polar surface area (TPSA) is 118 Å². The average molecular weight is 470 g/mol. The van der Waals surface area contributed by atoms with Crippen LogP contribution in [-0.2, 0) is 15.5 Å². The fraction of sp³-hybridized carbons (Fsp3) is 0.364. The van der Waals surface area contributed by atoms with Crippen LogP contribution >= 0.6 is 0 Å². The summed E-state index contributed by atoms with van der Waals surface area (Å²) < 4.78 is 32.9. The van der Waals surface area contributed by atoms with Gasteiger partial charge >= 0.3 is 5.92 Å². The summed E-state index contributed by atoms with van der Waals surface area (Å²) in [4.78, 5) is 34.3. The largest absolute Gasteiger partial charge is 0.375 e. The lowest BCUT2D eigenvalue weighted by atomic mass is 9.97. The predicted octanol–water partition coefficient (Wildman–Crippen LogP) is 3.37. The van der Waals surface area contributed by atoms with Gasteiger partial charge in [-0.1, -0.05) is 0 Å². The molecule has 0 aromatic carbocycles. The van der Waals surface area contributed by atoms with Gasteiger partial charge in [-0.25, -0.2) is 19.9 Å². The van der Waals surface area contributed by atoms with E-state index in [0.29, 0.717) is 35.9 Å². The van der Waals surface area contributed by atoms with E-state index < -0.39 is 11.7 Å². The van der Waals surface area contributed by atoms with Gasteiger partial charge in [-0.2, -0.15) is 8.78 Å². The van der Waals surface area contributed by atoms with Crippen LogP contribution in [0.25, 0.3) is 11.3 Å². The molecule has 4 rings (SSSR count). The molecule has 4 heterocycles. The van der Waals surface area contributed by atoms with Crippen LogP contribution in [0.15, 0.2) is 36.9 Å². The zero-order chi connectivity index (χ0) is 24.5. The van der Waals surface area contributed by atoms with Crippen LogP contribution in [0.2, 0.25) is 0 Å². The number of aromatic nitrogens is 5. The average Bonchev–Trinajstić information content (AvgIpc) is 2.77. The summed E-state index contributed by atoms with van der Waals surface area (Å²) in [6.45, 7) is 5.52. The molecular formula is C22H24F2N8O2. The maximum atomic E-state index is 13.7. The number of carbonyl (C=O) groups excluding carboxylic acids is 1. The highest BCUT2D eigenvalue weighted by molar-refractivity contribution is 5.89. The van der Waals surface area contributed by atoms with Crippen LogP contribution in [0.1, 0.15) is 26.6 Å². The molecule has 1 amide bonds. The van der Waals surface area contributed by atoms with E-state index in [0.717, 1.165) is 6.92 Å². The first-order valence-electron chi connectivity index (χ1n) is 10.4. The maximum absolute atomic E-state index is 13.7. The molecule has 0 radical (unpaired) electrons. The number of methoxy groups -OCH3 is 1. The third kappa shape index (κ3) is 5.06. The van der Waals surface area contributed by atoms with Gasteiger partial charge in [-0.05, 0) is 13.0 Å². The Kier molecular flexibility index (Phi) is 6.09. The van der Waals surface area contributed by atoms with E-state index in [1.54, 1.807) is 25.6 Å². The number of amides is 1. The number of ether oxygens (including phenoxy) is 1. The summed E-state index contributed by atoms with van der Waals surface area (Å²) in [5, 5.41) is 5.61. The Morgan fingerprint density at radius 1 is 1.15 bits per heavy atom. The van der Waals surface area contributed by atoms with Gasteiger partial charge in [0.15, 0.2) is 0 Å². The number of alkyl halides is 2. The van der Waals surface area contributed by atoms with Gasteiger partial charge in [-0.15, -0.1) is 0 Å². The van der Waals surface area contributed by atoms with Gasteiger partial charge in [0.1, 0.15) is 17.5 Å². The molecule has 3 aromatic heterocycles. The van der Waals surface area contributed by atoms with Crippen LogP contribution in [0, 0.1) is 0 Å². The Balaban J connectivity index is 1.64. The van der Waals surface area contributed by atoms with Crippen molar-refractivity contribution >= 4 is 29.0 Å². The van der Waals surface area contributed by atoms with Gasteiger partial charge in [0.25, 0.3) is 0 Å². The highest BCUT2D eigenvalue weighted by Gasteiger charge is 2.39. The number of nitrogens with zero attached hydrogens (tertiary/aromatic N) is 6. The second kappa shape index (κ2) is 8.86. The summed E-state index contributed by atoms with van der Waals surface area (Å²) in [7, 11) is 1.68. The molecule has 0 saturated carbocycles. The monoisotopic (exact) mass is 470 g/mol. The Bertz CT molecular complexity index is 1190. The lowest BCUT2D eigenvalue weighted by molar-refractivity contribution is -0.114. The Hall–Kier alpha value is -3.80. The minimum absolute atomic E-state index is 0.150. The Labute approximate surface area is 194 Å². The summed E-state index contributed by atoms with van der Waals surface area (Å²) in [6, 6.07) is 3.03. The molecule has 0 unspecified atom stereocenters. The smallest absolute Gasteiger partial charge is 0.303 e. The van der Waals surface area contributed by atoms with Crippen molar-refractivity contribution in [1.82, 2.24) is 24.9 Å². The van der Waals surface area contributed by atoms with E-state index in [9.17, 15) is 13.6 Å². The van der Waals surface area contributed by atoms with E-state index in [1.165, 1.54) is 25.4 Å². The van der Waals surface area contributed by atoms with Crippen molar-refractivity contribution in [1.29, 1.82) is 0 Å². The quantitative estimate of drug-likeness (QED) is 0.536. The summed E-state index contributed by atoms with van der Waals surface area (Å²) >= 11 is 0. The number of halogens is 2. The van der Waals surface area contributed by atoms with Crippen molar-refractivity contribution in [2.45, 2.75) is 32.3 Å². The molecule has 0 aliphatic carbocycles. The third-order valence-corrected chi connectivity index (χ3v) is 5.30.